The molecule has 0 aromatic heterocycles. The maximum atomic E-state index is 10.4. The molecule has 2 heteroatoms. The standard InChI is InChI=1S/C6H9NO/c1-3-5(7)6(8)4-2/h3,7H,1,4H2,2H3. The zero-order valence-electron chi connectivity index (χ0n) is 4.90. The first kappa shape index (κ1) is 7.08. The average Bonchev–Trinajstić information content (AvgIpc) is 1.84. The van der Waals surface area contributed by atoms with E-state index >= 15 is 0 Å². The molecule has 0 unspecified atom stereocenters. The number of ketones is 1. The van der Waals surface area contributed by atoms with Crippen LogP contribution in [0.2, 0.25) is 0 Å². The predicted molar refractivity (Wildman–Crippen MR) is 33.2 cm³/mol. The van der Waals surface area contributed by atoms with Crippen LogP contribution in [0, 0.1) is 5.41 Å². The Morgan fingerprint density at radius 1 is 1.88 bits per heavy atom. The lowest BCUT2D eigenvalue weighted by molar-refractivity contribution is -0.112. The van der Waals surface area contributed by atoms with Gasteiger partial charge in [-0.25, -0.2) is 0 Å². The van der Waals surface area contributed by atoms with Crippen molar-refractivity contribution in [2.45, 2.75) is 13.3 Å². The van der Waals surface area contributed by atoms with Crippen molar-refractivity contribution in [3.05, 3.63) is 12.7 Å². The first-order valence-corrected chi connectivity index (χ1v) is 2.46. The Morgan fingerprint density at radius 2 is 2.38 bits per heavy atom. The van der Waals surface area contributed by atoms with Crippen molar-refractivity contribution in [2.75, 3.05) is 0 Å². The highest BCUT2D eigenvalue weighted by atomic mass is 16.1. The van der Waals surface area contributed by atoms with Gasteiger partial charge >= 0.3 is 0 Å². The number of carbonyl (C=O) groups is 1. The number of rotatable bonds is 3. The van der Waals surface area contributed by atoms with Crippen molar-refractivity contribution in [3.63, 3.8) is 0 Å². The van der Waals surface area contributed by atoms with Crippen LogP contribution in [0.25, 0.3) is 0 Å². The number of nitrogens with one attached hydrogen (secondary N) is 1. The van der Waals surface area contributed by atoms with Gasteiger partial charge in [0.25, 0.3) is 0 Å². The van der Waals surface area contributed by atoms with E-state index in [-0.39, 0.29) is 11.5 Å². The second-order valence-electron chi connectivity index (χ2n) is 1.39. The Hall–Kier alpha value is -0.920. The maximum absolute atomic E-state index is 10.4. The van der Waals surface area contributed by atoms with Crippen LogP contribution in [-0.4, -0.2) is 11.5 Å². The molecule has 0 saturated carbocycles. The summed E-state index contributed by atoms with van der Waals surface area (Å²) < 4.78 is 0. The van der Waals surface area contributed by atoms with Crippen LogP contribution in [0.3, 0.4) is 0 Å². The molecule has 0 amide bonds. The SMILES string of the molecule is C=CC(=N)C(=O)CC. The zero-order chi connectivity index (χ0) is 6.57. The van der Waals surface area contributed by atoms with Gasteiger partial charge in [0.15, 0.2) is 5.78 Å². The molecule has 0 aliphatic heterocycles. The van der Waals surface area contributed by atoms with E-state index in [0.29, 0.717) is 6.42 Å². The van der Waals surface area contributed by atoms with Crippen LogP contribution in [-0.2, 0) is 4.79 Å². The quantitative estimate of drug-likeness (QED) is 0.546. The molecule has 0 aromatic carbocycles. The summed E-state index contributed by atoms with van der Waals surface area (Å²) in [6.07, 6.45) is 1.65. The molecule has 0 bridgehead atoms. The second-order valence-corrected chi connectivity index (χ2v) is 1.39. The van der Waals surface area contributed by atoms with E-state index in [1.165, 1.54) is 6.08 Å². The van der Waals surface area contributed by atoms with Crippen molar-refractivity contribution >= 4 is 11.5 Å². The van der Waals surface area contributed by atoms with E-state index in [1.54, 1.807) is 6.92 Å². The summed E-state index contributed by atoms with van der Waals surface area (Å²) in [5.74, 6) is -0.153. The van der Waals surface area contributed by atoms with E-state index in [0.717, 1.165) is 0 Å². The minimum Gasteiger partial charge on any atom is -0.297 e. The molecule has 0 atom stereocenters. The smallest absolute Gasteiger partial charge is 0.180 e. The van der Waals surface area contributed by atoms with Gasteiger partial charge in [-0.1, -0.05) is 13.5 Å². The third-order valence-electron chi connectivity index (χ3n) is 0.826. The normalized spacial score (nSPS) is 8.12. The average molecular weight is 111 g/mol. The van der Waals surface area contributed by atoms with E-state index < -0.39 is 0 Å². The summed E-state index contributed by atoms with van der Waals surface area (Å²) in [7, 11) is 0. The summed E-state index contributed by atoms with van der Waals surface area (Å²) >= 11 is 0. The van der Waals surface area contributed by atoms with Crippen molar-refractivity contribution in [2.24, 2.45) is 0 Å². The Kier molecular flexibility index (Phi) is 2.77. The van der Waals surface area contributed by atoms with Crippen LogP contribution in [0.4, 0.5) is 0 Å². The highest BCUT2D eigenvalue weighted by Gasteiger charge is 1.98. The summed E-state index contributed by atoms with van der Waals surface area (Å²) in [4.78, 5) is 10.4. The third-order valence-corrected chi connectivity index (χ3v) is 0.826. The topological polar surface area (TPSA) is 40.9 Å². The molecule has 0 aliphatic rings. The molecule has 0 aromatic rings. The van der Waals surface area contributed by atoms with Crippen molar-refractivity contribution in [3.8, 4) is 0 Å². The fourth-order valence-corrected chi connectivity index (χ4v) is 0.304. The highest BCUT2D eigenvalue weighted by molar-refractivity contribution is 6.42. The molecule has 44 valence electrons. The van der Waals surface area contributed by atoms with Crippen molar-refractivity contribution in [1.29, 1.82) is 5.41 Å². The van der Waals surface area contributed by atoms with Crippen LogP contribution in [0.5, 0.6) is 0 Å². The number of carbonyl (C=O) groups excluding carboxylic acids is 1. The van der Waals surface area contributed by atoms with Crippen LogP contribution in [0.1, 0.15) is 13.3 Å². The number of allylic oxidation sites excluding steroid dienone is 1. The monoisotopic (exact) mass is 111 g/mol. The predicted octanol–water partition coefficient (Wildman–Crippen LogP) is 1.17. The molecular weight excluding hydrogens is 102 g/mol. The number of hydrogen-bond donors (Lipinski definition) is 1. The summed E-state index contributed by atoms with van der Waals surface area (Å²) in [6, 6.07) is 0. The lowest BCUT2D eigenvalue weighted by Crippen LogP contribution is -2.06. The van der Waals surface area contributed by atoms with Crippen LogP contribution < -0.4 is 0 Å². The Morgan fingerprint density at radius 3 is 2.50 bits per heavy atom. The Labute approximate surface area is 48.7 Å². The molecule has 0 fully saturated rings. The van der Waals surface area contributed by atoms with Crippen molar-refractivity contribution in [1.82, 2.24) is 0 Å². The largest absolute Gasteiger partial charge is 0.297 e. The van der Waals surface area contributed by atoms with Crippen molar-refractivity contribution < 1.29 is 4.79 Å². The summed E-state index contributed by atoms with van der Waals surface area (Å²) in [5, 5.41) is 6.88. The molecule has 0 spiro atoms. The van der Waals surface area contributed by atoms with Gasteiger partial charge < -0.3 is 0 Å². The maximum Gasteiger partial charge on any atom is 0.180 e. The van der Waals surface area contributed by atoms with Gasteiger partial charge in [-0.3, -0.25) is 10.2 Å². The molecule has 1 N–H and O–H groups in total. The van der Waals surface area contributed by atoms with Gasteiger partial charge in [-0.15, -0.1) is 0 Å². The molecular formula is C6H9NO. The molecule has 0 rings (SSSR count). The summed E-state index contributed by atoms with van der Waals surface area (Å²) in [6.45, 7) is 5.01. The third kappa shape index (κ3) is 1.69. The van der Waals surface area contributed by atoms with Gasteiger partial charge in [0.1, 0.15) is 0 Å². The van der Waals surface area contributed by atoms with E-state index in [4.69, 9.17) is 5.41 Å². The molecule has 0 radical (unpaired) electrons. The fourth-order valence-electron chi connectivity index (χ4n) is 0.304. The molecule has 8 heavy (non-hydrogen) atoms. The summed E-state index contributed by atoms with van der Waals surface area (Å²) in [5.41, 5.74) is 0.00694. The number of hydrogen-bond acceptors (Lipinski definition) is 2. The van der Waals surface area contributed by atoms with Gasteiger partial charge in [0.2, 0.25) is 0 Å². The number of Topliss-reactive ketones (excluding diaryl/α,β-unsaturated/α-hetero) is 1. The minimum atomic E-state index is -0.153. The first-order chi connectivity index (χ1) is 3.72. The zero-order valence-corrected chi connectivity index (χ0v) is 4.90. The fraction of sp³-hybridized carbons (Fsp3) is 0.333. The van der Waals surface area contributed by atoms with Crippen LogP contribution in [0.15, 0.2) is 12.7 Å². The molecule has 0 heterocycles. The minimum absolute atomic E-state index is 0.00694. The van der Waals surface area contributed by atoms with E-state index in [2.05, 4.69) is 6.58 Å². The highest BCUT2D eigenvalue weighted by Crippen LogP contribution is 1.83. The second kappa shape index (κ2) is 3.13. The lowest BCUT2D eigenvalue weighted by atomic mass is 10.2. The first-order valence-electron chi connectivity index (χ1n) is 2.46. The van der Waals surface area contributed by atoms with Gasteiger partial charge in [0.05, 0.1) is 5.71 Å². The Bertz CT molecular complexity index is 126. The molecule has 0 saturated heterocycles. The van der Waals surface area contributed by atoms with Gasteiger partial charge in [-0.05, 0) is 6.08 Å². The van der Waals surface area contributed by atoms with E-state index in [1.807, 2.05) is 0 Å². The lowest BCUT2D eigenvalue weighted by Gasteiger charge is -1.87. The van der Waals surface area contributed by atoms with Gasteiger partial charge in [0, 0.05) is 6.42 Å². The molecule has 0 aliphatic carbocycles. The molecule has 2 nitrogen and oxygen atoms in total. The van der Waals surface area contributed by atoms with Crippen LogP contribution >= 0.6 is 0 Å². The van der Waals surface area contributed by atoms with Gasteiger partial charge in [-0.2, -0.15) is 0 Å². The van der Waals surface area contributed by atoms with E-state index in [9.17, 15) is 4.79 Å². The Balaban J connectivity index is 3.82.